The normalized spacial score (nSPS) is 22.1. The van der Waals surface area contributed by atoms with E-state index in [4.69, 9.17) is 4.74 Å². The second-order valence-corrected chi connectivity index (χ2v) is 5.74. The third kappa shape index (κ3) is 4.46. The Kier molecular flexibility index (Phi) is 6.28. The predicted molar refractivity (Wildman–Crippen MR) is 84.5 cm³/mol. The third-order valence-corrected chi connectivity index (χ3v) is 4.19. The molecule has 1 aromatic carbocycles. The minimum atomic E-state index is 0.681. The summed E-state index contributed by atoms with van der Waals surface area (Å²) in [6.45, 7) is 8.00. The summed E-state index contributed by atoms with van der Waals surface area (Å²) in [5, 5.41) is 3.39. The first kappa shape index (κ1) is 15.3. The Balaban J connectivity index is 1.82. The molecule has 0 saturated heterocycles. The van der Waals surface area contributed by atoms with Crippen LogP contribution in [0, 0.1) is 11.8 Å². The standard InChI is InChI=1S/C18H27NO/c1-3-19-12-16-9-6-7-11-18(16)14-20-13-17-10-5-4-8-15(17)2/h4-7,9,11,15,17,19H,3,8,10,12-14H2,1-2H3. The van der Waals surface area contributed by atoms with E-state index < -0.39 is 0 Å². The number of hydrogen-bond acceptors (Lipinski definition) is 2. The largest absolute Gasteiger partial charge is 0.376 e. The van der Waals surface area contributed by atoms with Gasteiger partial charge in [-0.05, 0) is 42.3 Å². The van der Waals surface area contributed by atoms with Crippen LogP contribution in [0.3, 0.4) is 0 Å². The van der Waals surface area contributed by atoms with Gasteiger partial charge in [-0.1, -0.05) is 50.3 Å². The SMILES string of the molecule is CCNCc1ccccc1COCC1CC=CCC1C. The van der Waals surface area contributed by atoms with Crippen LogP contribution in [0.15, 0.2) is 36.4 Å². The minimum Gasteiger partial charge on any atom is -0.376 e. The van der Waals surface area contributed by atoms with Gasteiger partial charge in [0, 0.05) is 6.54 Å². The molecule has 2 atom stereocenters. The van der Waals surface area contributed by atoms with E-state index in [9.17, 15) is 0 Å². The Morgan fingerprint density at radius 3 is 2.65 bits per heavy atom. The molecule has 0 fully saturated rings. The van der Waals surface area contributed by atoms with E-state index in [1.54, 1.807) is 0 Å². The lowest BCUT2D eigenvalue weighted by atomic mass is 9.85. The summed E-state index contributed by atoms with van der Waals surface area (Å²) < 4.78 is 5.99. The van der Waals surface area contributed by atoms with Crippen molar-refractivity contribution in [3.8, 4) is 0 Å². The van der Waals surface area contributed by atoms with Gasteiger partial charge in [-0.2, -0.15) is 0 Å². The zero-order valence-corrected chi connectivity index (χ0v) is 12.8. The van der Waals surface area contributed by atoms with Crippen LogP contribution >= 0.6 is 0 Å². The molecule has 0 bridgehead atoms. The van der Waals surface area contributed by atoms with E-state index in [1.807, 2.05) is 0 Å². The lowest BCUT2D eigenvalue weighted by Gasteiger charge is -2.25. The summed E-state index contributed by atoms with van der Waals surface area (Å²) >= 11 is 0. The Morgan fingerprint density at radius 2 is 1.90 bits per heavy atom. The zero-order valence-electron chi connectivity index (χ0n) is 12.8. The number of nitrogens with one attached hydrogen (secondary N) is 1. The maximum Gasteiger partial charge on any atom is 0.0720 e. The van der Waals surface area contributed by atoms with E-state index in [0.29, 0.717) is 5.92 Å². The second kappa shape index (κ2) is 8.23. The first-order valence-electron chi connectivity index (χ1n) is 7.81. The molecular formula is C18H27NO. The average Bonchev–Trinajstić information content (AvgIpc) is 2.48. The Morgan fingerprint density at radius 1 is 1.15 bits per heavy atom. The van der Waals surface area contributed by atoms with Gasteiger partial charge in [-0.25, -0.2) is 0 Å². The van der Waals surface area contributed by atoms with Crippen LogP contribution in [0.2, 0.25) is 0 Å². The molecule has 20 heavy (non-hydrogen) atoms. The predicted octanol–water partition coefficient (Wildman–Crippen LogP) is 3.92. The fourth-order valence-corrected chi connectivity index (χ4v) is 2.69. The first-order valence-corrected chi connectivity index (χ1v) is 7.81. The molecule has 1 N–H and O–H groups in total. The minimum absolute atomic E-state index is 0.681. The van der Waals surface area contributed by atoms with Crippen LogP contribution in [0.4, 0.5) is 0 Å². The highest BCUT2D eigenvalue weighted by Gasteiger charge is 2.18. The highest BCUT2D eigenvalue weighted by atomic mass is 16.5. The van der Waals surface area contributed by atoms with Gasteiger partial charge >= 0.3 is 0 Å². The molecule has 1 aromatic rings. The molecule has 0 saturated carbocycles. The summed E-state index contributed by atoms with van der Waals surface area (Å²) in [6.07, 6.45) is 6.96. The zero-order chi connectivity index (χ0) is 14.2. The molecule has 0 aliphatic heterocycles. The molecule has 1 aliphatic carbocycles. The molecule has 1 aliphatic rings. The van der Waals surface area contributed by atoms with Gasteiger partial charge in [0.05, 0.1) is 13.2 Å². The van der Waals surface area contributed by atoms with Crippen LogP contribution in [-0.2, 0) is 17.9 Å². The van der Waals surface area contributed by atoms with Crippen LogP contribution in [0.1, 0.15) is 37.8 Å². The number of allylic oxidation sites excluding steroid dienone is 2. The maximum atomic E-state index is 5.99. The molecule has 0 amide bonds. The van der Waals surface area contributed by atoms with Crippen molar-refractivity contribution in [3.05, 3.63) is 47.5 Å². The maximum absolute atomic E-state index is 5.99. The van der Waals surface area contributed by atoms with E-state index in [-0.39, 0.29) is 0 Å². The Labute approximate surface area is 123 Å². The van der Waals surface area contributed by atoms with Crippen molar-refractivity contribution in [2.75, 3.05) is 13.2 Å². The van der Waals surface area contributed by atoms with Crippen LogP contribution in [-0.4, -0.2) is 13.2 Å². The van der Waals surface area contributed by atoms with E-state index in [2.05, 4.69) is 55.6 Å². The fourth-order valence-electron chi connectivity index (χ4n) is 2.69. The van der Waals surface area contributed by atoms with Crippen molar-refractivity contribution in [3.63, 3.8) is 0 Å². The van der Waals surface area contributed by atoms with Gasteiger partial charge in [0.15, 0.2) is 0 Å². The monoisotopic (exact) mass is 273 g/mol. The molecule has 0 spiro atoms. The van der Waals surface area contributed by atoms with Crippen molar-refractivity contribution >= 4 is 0 Å². The van der Waals surface area contributed by atoms with E-state index >= 15 is 0 Å². The van der Waals surface area contributed by atoms with Gasteiger partial charge in [0.2, 0.25) is 0 Å². The molecule has 0 aromatic heterocycles. The van der Waals surface area contributed by atoms with E-state index in [0.717, 1.165) is 32.2 Å². The first-order chi connectivity index (χ1) is 9.81. The van der Waals surface area contributed by atoms with Crippen molar-refractivity contribution in [1.82, 2.24) is 5.32 Å². The fraction of sp³-hybridized carbons (Fsp3) is 0.556. The highest BCUT2D eigenvalue weighted by molar-refractivity contribution is 5.26. The smallest absolute Gasteiger partial charge is 0.0720 e. The number of hydrogen-bond donors (Lipinski definition) is 1. The third-order valence-electron chi connectivity index (χ3n) is 4.19. The number of ether oxygens (including phenoxy) is 1. The quantitative estimate of drug-likeness (QED) is 0.760. The number of benzene rings is 1. The van der Waals surface area contributed by atoms with Crippen molar-refractivity contribution < 1.29 is 4.74 Å². The molecule has 2 rings (SSSR count). The van der Waals surface area contributed by atoms with Crippen LogP contribution < -0.4 is 5.32 Å². The van der Waals surface area contributed by atoms with Gasteiger partial charge in [-0.3, -0.25) is 0 Å². The molecule has 2 nitrogen and oxygen atoms in total. The van der Waals surface area contributed by atoms with Crippen LogP contribution in [0.25, 0.3) is 0 Å². The highest BCUT2D eigenvalue weighted by Crippen LogP contribution is 2.25. The molecule has 2 heteroatoms. The van der Waals surface area contributed by atoms with E-state index in [1.165, 1.54) is 24.0 Å². The average molecular weight is 273 g/mol. The number of rotatable bonds is 7. The Hall–Kier alpha value is -1.12. The summed E-state index contributed by atoms with van der Waals surface area (Å²) in [7, 11) is 0. The topological polar surface area (TPSA) is 21.3 Å². The van der Waals surface area contributed by atoms with Gasteiger partial charge in [0.25, 0.3) is 0 Å². The Bertz CT molecular complexity index is 427. The van der Waals surface area contributed by atoms with Crippen molar-refractivity contribution in [2.45, 2.75) is 39.8 Å². The lowest BCUT2D eigenvalue weighted by molar-refractivity contribution is 0.0676. The summed E-state index contributed by atoms with van der Waals surface area (Å²) in [6, 6.07) is 8.56. The summed E-state index contributed by atoms with van der Waals surface area (Å²) in [4.78, 5) is 0. The molecular weight excluding hydrogens is 246 g/mol. The van der Waals surface area contributed by atoms with Gasteiger partial charge in [-0.15, -0.1) is 0 Å². The lowest BCUT2D eigenvalue weighted by Crippen LogP contribution is -2.20. The van der Waals surface area contributed by atoms with Crippen molar-refractivity contribution in [2.24, 2.45) is 11.8 Å². The summed E-state index contributed by atoms with van der Waals surface area (Å²) in [5.41, 5.74) is 2.67. The summed E-state index contributed by atoms with van der Waals surface area (Å²) in [5.74, 6) is 1.43. The van der Waals surface area contributed by atoms with Gasteiger partial charge < -0.3 is 10.1 Å². The second-order valence-electron chi connectivity index (χ2n) is 5.74. The van der Waals surface area contributed by atoms with Crippen LogP contribution in [0.5, 0.6) is 0 Å². The molecule has 0 heterocycles. The molecule has 110 valence electrons. The van der Waals surface area contributed by atoms with Crippen molar-refractivity contribution in [1.29, 1.82) is 0 Å². The van der Waals surface area contributed by atoms with Gasteiger partial charge in [0.1, 0.15) is 0 Å². The molecule has 0 radical (unpaired) electrons. The molecule has 2 unspecified atom stereocenters.